The normalized spacial score (nSPS) is 15.1. The molecule has 58 heavy (non-hydrogen) atoms. The highest BCUT2D eigenvalue weighted by molar-refractivity contribution is 7.99. The third kappa shape index (κ3) is 3.98. The Bertz CT molecular complexity index is 3040. The molecule has 0 saturated heterocycles. The highest BCUT2D eigenvalue weighted by atomic mass is 32.2. The summed E-state index contributed by atoms with van der Waals surface area (Å²) in [4.78, 5) is 4.95. The molecule has 1 nitrogen and oxygen atoms in total. The van der Waals surface area contributed by atoms with Crippen LogP contribution < -0.4 is 4.90 Å². The number of benzene rings is 9. The lowest BCUT2D eigenvalue weighted by molar-refractivity contribution is 0.633. The van der Waals surface area contributed by atoms with Crippen molar-refractivity contribution in [3.63, 3.8) is 0 Å². The first-order chi connectivity index (χ1) is 28.8. The number of hydrogen-bond donors (Lipinski definition) is 0. The molecule has 0 N–H and O–H groups in total. The molecule has 0 atom stereocenters. The van der Waals surface area contributed by atoms with Gasteiger partial charge in [-0.15, -0.1) is 0 Å². The van der Waals surface area contributed by atoms with Crippen LogP contribution in [-0.4, -0.2) is 0 Å². The van der Waals surface area contributed by atoms with Gasteiger partial charge < -0.3 is 4.90 Å². The third-order valence-electron chi connectivity index (χ3n) is 13.4. The average Bonchev–Trinajstić information content (AvgIpc) is 3.76. The van der Waals surface area contributed by atoms with Gasteiger partial charge in [-0.2, -0.15) is 0 Å². The molecule has 4 aliphatic rings. The summed E-state index contributed by atoms with van der Waals surface area (Å²) >= 11 is 1.85. The van der Waals surface area contributed by atoms with Crippen LogP contribution in [0.2, 0.25) is 0 Å². The van der Waals surface area contributed by atoms with Crippen molar-refractivity contribution in [1.29, 1.82) is 0 Å². The van der Waals surface area contributed by atoms with Crippen molar-refractivity contribution in [2.45, 2.75) is 20.6 Å². The van der Waals surface area contributed by atoms with Gasteiger partial charge in [0.05, 0.1) is 22.2 Å². The van der Waals surface area contributed by atoms with Gasteiger partial charge >= 0.3 is 0 Å². The van der Waals surface area contributed by atoms with E-state index in [4.69, 9.17) is 0 Å². The van der Waals surface area contributed by atoms with Crippen molar-refractivity contribution in [1.82, 2.24) is 0 Å². The molecule has 3 aliphatic carbocycles. The van der Waals surface area contributed by atoms with Crippen LogP contribution in [0.1, 0.15) is 44.5 Å². The Hall–Kier alpha value is -6.87. The maximum Gasteiger partial charge on any atom is 0.0720 e. The molecule has 0 radical (unpaired) electrons. The lowest BCUT2D eigenvalue weighted by Gasteiger charge is -2.49. The van der Waals surface area contributed by atoms with Crippen molar-refractivity contribution in [3.8, 4) is 33.4 Å². The smallest absolute Gasteiger partial charge is 0.0720 e. The van der Waals surface area contributed by atoms with Gasteiger partial charge in [0, 0.05) is 15.5 Å². The number of rotatable bonds is 2. The van der Waals surface area contributed by atoms with Crippen LogP contribution in [0.5, 0.6) is 0 Å². The van der Waals surface area contributed by atoms with Crippen LogP contribution in [0, 0.1) is 0 Å². The molecule has 0 bridgehead atoms. The summed E-state index contributed by atoms with van der Waals surface area (Å²) in [5.74, 6) is 0. The van der Waals surface area contributed by atoms with Crippen LogP contribution in [0.25, 0.3) is 33.4 Å². The monoisotopic (exact) mass is 753 g/mol. The zero-order valence-corrected chi connectivity index (χ0v) is 32.4. The zero-order valence-electron chi connectivity index (χ0n) is 31.6. The Balaban J connectivity index is 1.08. The molecule has 0 unspecified atom stereocenters. The van der Waals surface area contributed by atoms with Crippen molar-refractivity contribution < 1.29 is 0 Å². The highest BCUT2D eigenvalue weighted by Crippen LogP contribution is 2.67. The fourth-order valence-corrected chi connectivity index (χ4v) is 12.3. The minimum atomic E-state index is -0.508. The van der Waals surface area contributed by atoms with Gasteiger partial charge in [-0.3, -0.25) is 0 Å². The van der Waals surface area contributed by atoms with Gasteiger partial charge in [0.1, 0.15) is 0 Å². The molecule has 1 aliphatic heterocycles. The third-order valence-corrected chi connectivity index (χ3v) is 14.5. The average molecular weight is 754 g/mol. The van der Waals surface area contributed by atoms with Gasteiger partial charge in [0.2, 0.25) is 0 Å². The predicted molar refractivity (Wildman–Crippen MR) is 239 cm³/mol. The molecule has 2 spiro atoms. The van der Waals surface area contributed by atoms with Crippen LogP contribution in [0.4, 0.5) is 17.1 Å². The lowest BCUT2D eigenvalue weighted by atomic mass is 9.52. The zero-order chi connectivity index (χ0) is 38.0. The van der Waals surface area contributed by atoms with Crippen molar-refractivity contribution in [2.75, 3.05) is 4.90 Å². The fraction of sp³-hybridized carbons (Fsp3) is 0.0357. The highest BCUT2D eigenvalue weighted by Gasteiger charge is 2.58. The molecule has 13 rings (SSSR count). The van der Waals surface area contributed by atoms with Gasteiger partial charge in [-0.25, -0.2) is 0 Å². The van der Waals surface area contributed by atoms with E-state index >= 15 is 0 Å². The second kappa shape index (κ2) is 11.8. The molecular formula is C56H35NS. The summed E-state index contributed by atoms with van der Waals surface area (Å²) in [7, 11) is 0. The summed E-state index contributed by atoms with van der Waals surface area (Å²) in [6.45, 7) is 0. The van der Waals surface area contributed by atoms with Crippen LogP contribution in [0.3, 0.4) is 0 Å². The Morgan fingerprint density at radius 3 is 1.14 bits per heavy atom. The van der Waals surface area contributed by atoms with Crippen LogP contribution in [-0.2, 0) is 10.8 Å². The van der Waals surface area contributed by atoms with Gasteiger partial charge in [-0.1, -0.05) is 182 Å². The maximum atomic E-state index is 2.55. The molecule has 270 valence electrons. The number of para-hydroxylation sites is 2. The maximum absolute atomic E-state index is 2.55. The van der Waals surface area contributed by atoms with Crippen molar-refractivity contribution in [2.24, 2.45) is 0 Å². The molecule has 9 aromatic rings. The van der Waals surface area contributed by atoms with E-state index in [2.05, 4.69) is 217 Å². The van der Waals surface area contributed by atoms with Gasteiger partial charge in [-0.05, 0) is 120 Å². The minimum absolute atomic E-state index is 0.480. The quantitative estimate of drug-likeness (QED) is 0.173. The summed E-state index contributed by atoms with van der Waals surface area (Å²) in [6.07, 6.45) is 0. The summed E-state index contributed by atoms with van der Waals surface area (Å²) in [6, 6.07) is 80.0. The Labute approximate surface area is 342 Å². The second-order valence-electron chi connectivity index (χ2n) is 15.9. The first kappa shape index (κ1) is 32.2. The first-order valence-electron chi connectivity index (χ1n) is 20.2. The van der Waals surface area contributed by atoms with Crippen LogP contribution in [0.15, 0.2) is 222 Å². The largest absolute Gasteiger partial charge is 0.308 e. The summed E-state index contributed by atoms with van der Waals surface area (Å²) in [5, 5.41) is 0. The molecule has 0 fully saturated rings. The number of fused-ring (bicyclic) bond motifs is 18. The van der Waals surface area contributed by atoms with E-state index in [1.54, 1.807) is 0 Å². The Morgan fingerprint density at radius 2 is 0.655 bits per heavy atom. The number of nitrogens with zero attached hydrogens (tertiary/aromatic N) is 1. The SMILES string of the molecule is c1ccc2c(c1)Sc1ccccc1N2c1ccc(-c2ccc3c(c2)C2(c4ccccc4-c4ccccc42)c2ccccc2C32c3ccccc3-c3ccccc32)cc1. The standard InChI is InChI=1S/C56H35NS/c1-5-19-43-39(15-1)40-16-2-6-20-44(40)55(43)47-23-9-10-24-48(47)56(45-21-7-3-17-41(45)42-18-4-8-22-46(42)56)50-35-37(31-34-49(50)55)36-29-32-38(33-30-36)57-51-25-11-13-27-53(51)58-54-28-14-12-26-52(54)57/h1-35H. The molecule has 0 amide bonds. The van der Waals surface area contributed by atoms with E-state index in [-0.39, 0.29) is 0 Å². The van der Waals surface area contributed by atoms with E-state index in [9.17, 15) is 0 Å². The van der Waals surface area contributed by atoms with Crippen LogP contribution >= 0.6 is 11.8 Å². The first-order valence-corrected chi connectivity index (χ1v) is 21.0. The van der Waals surface area contributed by atoms with E-state index in [0.29, 0.717) is 0 Å². The topological polar surface area (TPSA) is 3.24 Å². The van der Waals surface area contributed by atoms with Gasteiger partial charge in [0.15, 0.2) is 0 Å². The summed E-state index contributed by atoms with van der Waals surface area (Å²) < 4.78 is 0. The number of anilines is 3. The molecule has 0 aromatic heterocycles. The lowest BCUT2D eigenvalue weighted by Crippen LogP contribution is -2.43. The molecule has 2 heteroatoms. The predicted octanol–water partition coefficient (Wildman–Crippen LogP) is 14.3. The summed E-state index contributed by atoms with van der Waals surface area (Å²) in [5.41, 5.74) is 21.2. The molecule has 0 saturated carbocycles. The number of hydrogen-bond acceptors (Lipinski definition) is 2. The second-order valence-corrected chi connectivity index (χ2v) is 17.0. The molecule has 1 heterocycles. The molecule has 9 aromatic carbocycles. The van der Waals surface area contributed by atoms with E-state index in [1.165, 1.54) is 99.1 Å². The molecular weight excluding hydrogens is 719 g/mol. The van der Waals surface area contributed by atoms with Crippen molar-refractivity contribution in [3.05, 3.63) is 257 Å². The fourth-order valence-electron chi connectivity index (χ4n) is 11.2. The van der Waals surface area contributed by atoms with Gasteiger partial charge in [0.25, 0.3) is 0 Å². The van der Waals surface area contributed by atoms with E-state index < -0.39 is 10.8 Å². The Kier molecular flexibility index (Phi) is 6.58. The van der Waals surface area contributed by atoms with E-state index in [0.717, 1.165) is 5.69 Å². The van der Waals surface area contributed by atoms with Crippen molar-refractivity contribution >= 4 is 28.8 Å². The van der Waals surface area contributed by atoms with E-state index in [1.807, 2.05) is 11.8 Å². The minimum Gasteiger partial charge on any atom is -0.308 e. The Morgan fingerprint density at radius 1 is 0.293 bits per heavy atom.